The summed E-state index contributed by atoms with van der Waals surface area (Å²) in [4.78, 5) is 0. The first kappa shape index (κ1) is 22.3. The Morgan fingerprint density at radius 2 is 1.93 bits per heavy atom. The number of halogens is 1. The van der Waals surface area contributed by atoms with Crippen LogP contribution in [0.1, 0.15) is 64.5 Å². The normalized spacial score (nSPS) is 22.6. The second-order valence-corrected chi connectivity index (χ2v) is 10.3. The van der Waals surface area contributed by atoms with Crippen molar-refractivity contribution in [2.45, 2.75) is 70.6 Å². The fourth-order valence-corrected chi connectivity index (χ4v) is 4.73. The van der Waals surface area contributed by atoms with Gasteiger partial charge in [-0.15, -0.1) is 0 Å². The van der Waals surface area contributed by atoms with Gasteiger partial charge in [-0.3, -0.25) is 0 Å². The van der Waals surface area contributed by atoms with E-state index in [1.807, 2.05) is 0 Å². The van der Waals surface area contributed by atoms with Crippen LogP contribution in [0.5, 0.6) is 0 Å². The first-order chi connectivity index (χ1) is 12.6. The molecule has 1 aromatic rings. The highest BCUT2D eigenvalue weighted by Crippen LogP contribution is 2.31. The van der Waals surface area contributed by atoms with Gasteiger partial charge in [0.2, 0.25) is 10.0 Å². The number of hydrogen-bond acceptors (Lipinski definition) is 4. The summed E-state index contributed by atoms with van der Waals surface area (Å²) in [5.74, 6) is 0.305. The Hall–Kier alpha value is -1.02. The van der Waals surface area contributed by atoms with Crippen molar-refractivity contribution in [1.29, 1.82) is 0 Å². The maximum absolute atomic E-state index is 13.3. The molecule has 1 saturated carbocycles. The minimum Gasteiger partial charge on any atom is -0.387 e. The zero-order valence-corrected chi connectivity index (χ0v) is 17.4. The minimum atomic E-state index is -3.14. The van der Waals surface area contributed by atoms with Gasteiger partial charge in [-0.2, -0.15) is 0 Å². The SMILES string of the molecule is CCS(=O)(=O)NC1CCC(CC(C)(C)NC[C@H](O)c2cccc(F)c2)CC1. The van der Waals surface area contributed by atoms with Crippen LogP contribution in [0.25, 0.3) is 0 Å². The van der Waals surface area contributed by atoms with E-state index in [0.717, 1.165) is 32.1 Å². The van der Waals surface area contributed by atoms with Crippen molar-refractivity contribution in [3.8, 4) is 0 Å². The molecule has 0 amide bonds. The molecule has 1 aliphatic rings. The van der Waals surface area contributed by atoms with E-state index < -0.39 is 16.1 Å². The summed E-state index contributed by atoms with van der Waals surface area (Å²) in [7, 11) is -3.14. The van der Waals surface area contributed by atoms with Crippen molar-refractivity contribution < 1.29 is 17.9 Å². The van der Waals surface area contributed by atoms with Crippen LogP contribution in [-0.4, -0.2) is 37.4 Å². The van der Waals surface area contributed by atoms with Crippen LogP contribution in [0, 0.1) is 11.7 Å². The quantitative estimate of drug-likeness (QED) is 0.595. The Kier molecular flexibility index (Phi) is 7.80. The lowest BCUT2D eigenvalue weighted by molar-refractivity contribution is 0.149. The summed E-state index contributed by atoms with van der Waals surface area (Å²) in [6.07, 6.45) is 3.93. The van der Waals surface area contributed by atoms with Gasteiger partial charge in [0, 0.05) is 18.1 Å². The Morgan fingerprint density at radius 1 is 1.26 bits per heavy atom. The van der Waals surface area contributed by atoms with Gasteiger partial charge in [-0.1, -0.05) is 12.1 Å². The second-order valence-electron chi connectivity index (χ2n) is 8.28. The first-order valence-electron chi connectivity index (χ1n) is 9.79. The molecule has 0 bridgehead atoms. The molecule has 1 fully saturated rings. The molecule has 1 aromatic carbocycles. The second kappa shape index (κ2) is 9.45. The van der Waals surface area contributed by atoms with Gasteiger partial charge >= 0.3 is 0 Å². The molecule has 7 heteroatoms. The summed E-state index contributed by atoms with van der Waals surface area (Å²) in [5, 5.41) is 13.7. The standard InChI is InChI=1S/C20H33FN2O3S/c1-4-27(25,26)23-18-10-8-15(9-11-18)13-20(2,3)22-14-19(24)16-6-5-7-17(21)12-16/h5-7,12,15,18-19,22-24H,4,8-11,13-14H2,1-3H3/t15?,18?,19-/m0/s1. The molecule has 0 aliphatic heterocycles. The lowest BCUT2D eigenvalue weighted by Crippen LogP contribution is -2.44. The number of aliphatic hydroxyl groups excluding tert-OH is 1. The smallest absolute Gasteiger partial charge is 0.211 e. The van der Waals surface area contributed by atoms with Crippen molar-refractivity contribution >= 4 is 10.0 Å². The maximum Gasteiger partial charge on any atom is 0.211 e. The molecular formula is C20H33FN2O3S. The van der Waals surface area contributed by atoms with E-state index in [1.54, 1.807) is 19.1 Å². The Bertz CT molecular complexity index is 701. The van der Waals surface area contributed by atoms with E-state index in [0.29, 0.717) is 18.0 Å². The Morgan fingerprint density at radius 3 is 2.52 bits per heavy atom. The highest BCUT2D eigenvalue weighted by Gasteiger charge is 2.29. The molecule has 0 saturated heterocycles. The average molecular weight is 401 g/mol. The zero-order valence-electron chi connectivity index (χ0n) is 16.5. The van der Waals surface area contributed by atoms with Crippen molar-refractivity contribution in [2.75, 3.05) is 12.3 Å². The van der Waals surface area contributed by atoms with E-state index in [4.69, 9.17) is 0 Å². The maximum atomic E-state index is 13.3. The van der Waals surface area contributed by atoms with Crippen LogP contribution in [0.4, 0.5) is 4.39 Å². The van der Waals surface area contributed by atoms with Gasteiger partial charge < -0.3 is 10.4 Å². The number of nitrogens with one attached hydrogen (secondary N) is 2. The van der Waals surface area contributed by atoms with Crippen LogP contribution in [0.3, 0.4) is 0 Å². The molecule has 0 aromatic heterocycles. The molecular weight excluding hydrogens is 367 g/mol. The average Bonchev–Trinajstić information content (AvgIpc) is 2.61. The van der Waals surface area contributed by atoms with E-state index in [9.17, 15) is 17.9 Å². The highest BCUT2D eigenvalue weighted by atomic mass is 32.2. The number of hydrogen-bond donors (Lipinski definition) is 3. The Labute approximate surface area is 162 Å². The summed E-state index contributed by atoms with van der Waals surface area (Å²) < 4.78 is 39.5. The third kappa shape index (κ3) is 7.49. The largest absolute Gasteiger partial charge is 0.387 e. The van der Waals surface area contributed by atoms with Crippen molar-refractivity contribution in [3.63, 3.8) is 0 Å². The molecule has 0 spiro atoms. The lowest BCUT2D eigenvalue weighted by atomic mass is 9.79. The highest BCUT2D eigenvalue weighted by molar-refractivity contribution is 7.89. The summed E-state index contributed by atoms with van der Waals surface area (Å²) in [6, 6.07) is 6.10. The summed E-state index contributed by atoms with van der Waals surface area (Å²) in [5.41, 5.74) is 0.413. The predicted molar refractivity (Wildman–Crippen MR) is 106 cm³/mol. The van der Waals surface area contributed by atoms with E-state index in [-0.39, 0.29) is 23.2 Å². The third-order valence-electron chi connectivity index (χ3n) is 5.38. The zero-order chi connectivity index (χ0) is 20.1. The van der Waals surface area contributed by atoms with Gasteiger partial charge in [0.1, 0.15) is 5.82 Å². The van der Waals surface area contributed by atoms with Crippen LogP contribution in [-0.2, 0) is 10.0 Å². The van der Waals surface area contributed by atoms with Crippen molar-refractivity contribution in [1.82, 2.24) is 10.0 Å². The number of β-amino-alcohol motifs (C(OH)–C–C–N with tert-alkyl or cyclic N) is 1. The molecule has 27 heavy (non-hydrogen) atoms. The molecule has 1 aliphatic carbocycles. The minimum absolute atomic E-state index is 0.0528. The molecule has 5 nitrogen and oxygen atoms in total. The van der Waals surface area contributed by atoms with Gasteiger partial charge in [0.15, 0.2) is 0 Å². The number of aliphatic hydroxyl groups is 1. The van der Waals surface area contributed by atoms with Crippen molar-refractivity contribution in [3.05, 3.63) is 35.6 Å². The molecule has 154 valence electrons. The van der Waals surface area contributed by atoms with Crippen molar-refractivity contribution in [2.24, 2.45) is 5.92 Å². The van der Waals surface area contributed by atoms with Gasteiger partial charge in [-0.25, -0.2) is 17.5 Å². The number of benzene rings is 1. The monoisotopic (exact) mass is 400 g/mol. The summed E-state index contributed by atoms with van der Waals surface area (Å²) >= 11 is 0. The van der Waals surface area contributed by atoms with E-state index >= 15 is 0 Å². The molecule has 1 atom stereocenters. The number of rotatable bonds is 9. The Balaban J connectivity index is 1.78. The molecule has 0 unspecified atom stereocenters. The topological polar surface area (TPSA) is 78.4 Å². The number of sulfonamides is 1. The van der Waals surface area contributed by atoms with Crippen LogP contribution in [0.15, 0.2) is 24.3 Å². The molecule has 0 heterocycles. The molecule has 2 rings (SSSR count). The molecule has 0 radical (unpaired) electrons. The van der Waals surface area contributed by atoms with Gasteiger partial charge in [0.25, 0.3) is 0 Å². The fraction of sp³-hybridized carbons (Fsp3) is 0.700. The molecule has 3 N–H and O–H groups in total. The third-order valence-corrected chi connectivity index (χ3v) is 6.83. The van der Waals surface area contributed by atoms with E-state index in [1.165, 1.54) is 12.1 Å². The van der Waals surface area contributed by atoms with E-state index in [2.05, 4.69) is 23.9 Å². The fourth-order valence-electron chi connectivity index (χ4n) is 3.82. The first-order valence-corrected chi connectivity index (χ1v) is 11.4. The van der Waals surface area contributed by atoms with Gasteiger partial charge in [-0.05, 0) is 76.5 Å². The summed E-state index contributed by atoms with van der Waals surface area (Å²) in [6.45, 7) is 6.23. The van der Waals surface area contributed by atoms with Crippen LogP contribution in [0.2, 0.25) is 0 Å². The van der Waals surface area contributed by atoms with Gasteiger partial charge in [0.05, 0.1) is 11.9 Å². The predicted octanol–water partition coefficient (Wildman–Crippen LogP) is 3.12. The van der Waals surface area contributed by atoms with Crippen LogP contribution < -0.4 is 10.0 Å². The van der Waals surface area contributed by atoms with Crippen LogP contribution >= 0.6 is 0 Å². The lowest BCUT2D eigenvalue weighted by Gasteiger charge is -2.35.